The van der Waals surface area contributed by atoms with Crippen molar-refractivity contribution in [2.24, 2.45) is 0 Å². The highest BCUT2D eigenvalue weighted by molar-refractivity contribution is 5.88. The maximum atomic E-state index is 6.60. The highest BCUT2D eigenvalue weighted by Gasteiger charge is 2.26. The number of morpholine rings is 1. The molecule has 2 aromatic carbocycles. The summed E-state index contributed by atoms with van der Waals surface area (Å²) in [7, 11) is 0. The first-order chi connectivity index (χ1) is 16.7. The minimum absolute atomic E-state index is 0.195. The number of aromatic nitrogens is 2. The lowest BCUT2D eigenvalue weighted by molar-refractivity contribution is 0.122. The normalized spacial score (nSPS) is 22.3. The Bertz CT molecular complexity index is 1170. The maximum Gasteiger partial charge on any atom is 0.145 e. The first kappa shape index (κ1) is 21.5. The molecule has 0 spiro atoms. The van der Waals surface area contributed by atoms with Crippen LogP contribution in [0.15, 0.2) is 36.8 Å². The van der Waals surface area contributed by atoms with Crippen LogP contribution in [0.5, 0.6) is 11.5 Å². The second-order valence-corrected chi connectivity index (χ2v) is 9.63. The molecular formula is C27H32N4O3. The van der Waals surface area contributed by atoms with E-state index in [4.69, 9.17) is 14.2 Å². The summed E-state index contributed by atoms with van der Waals surface area (Å²) < 4.78 is 18.1. The Hall–Kier alpha value is -3.06. The van der Waals surface area contributed by atoms with Gasteiger partial charge in [-0.1, -0.05) is 6.07 Å². The van der Waals surface area contributed by atoms with Gasteiger partial charge in [0.2, 0.25) is 0 Å². The van der Waals surface area contributed by atoms with Crippen LogP contribution in [0.3, 0.4) is 0 Å². The summed E-state index contributed by atoms with van der Waals surface area (Å²) in [6.45, 7) is 6.23. The number of ether oxygens (including phenoxy) is 3. The fourth-order valence-corrected chi connectivity index (χ4v) is 5.44. The molecule has 3 aliphatic rings. The van der Waals surface area contributed by atoms with E-state index < -0.39 is 0 Å². The van der Waals surface area contributed by atoms with Gasteiger partial charge in [-0.3, -0.25) is 0 Å². The molecule has 2 aliphatic heterocycles. The van der Waals surface area contributed by atoms with Crippen molar-refractivity contribution in [3.8, 4) is 11.5 Å². The summed E-state index contributed by atoms with van der Waals surface area (Å²) in [6, 6.07) is 9.20. The summed E-state index contributed by atoms with van der Waals surface area (Å²) >= 11 is 0. The van der Waals surface area contributed by atoms with Crippen molar-refractivity contribution in [1.29, 1.82) is 0 Å². The van der Waals surface area contributed by atoms with Crippen LogP contribution < -0.4 is 19.7 Å². The second-order valence-electron chi connectivity index (χ2n) is 9.63. The van der Waals surface area contributed by atoms with Crippen molar-refractivity contribution < 1.29 is 14.2 Å². The van der Waals surface area contributed by atoms with Gasteiger partial charge >= 0.3 is 0 Å². The smallest absolute Gasteiger partial charge is 0.145 e. The zero-order chi connectivity index (χ0) is 22.9. The number of anilines is 2. The van der Waals surface area contributed by atoms with Crippen molar-refractivity contribution in [2.75, 3.05) is 43.1 Å². The number of rotatable bonds is 5. The number of aryl methyl sites for hydroxylation is 1. The Kier molecular flexibility index (Phi) is 5.87. The molecule has 178 valence electrons. The van der Waals surface area contributed by atoms with Gasteiger partial charge in [-0.25, -0.2) is 9.97 Å². The van der Waals surface area contributed by atoms with E-state index in [1.807, 2.05) is 6.20 Å². The third-order valence-electron chi connectivity index (χ3n) is 7.20. The second kappa shape index (κ2) is 9.29. The SMILES string of the molecule is Cc1cc2c(c(N[C@H]3CC[C@@H](Oc4cc(N5CCOCC5)cc5ncncc45)CC3)c1)OCC2. The van der Waals surface area contributed by atoms with Crippen molar-refractivity contribution in [2.45, 2.75) is 51.2 Å². The van der Waals surface area contributed by atoms with Crippen LogP contribution >= 0.6 is 0 Å². The van der Waals surface area contributed by atoms with Crippen LogP contribution in [0.1, 0.15) is 36.8 Å². The van der Waals surface area contributed by atoms with E-state index in [1.54, 1.807) is 6.33 Å². The standard InChI is InChI=1S/C27H32N4O3/c1-18-12-19-6-9-33-27(19)25(13-18)30-20-2-4-22(5-3-20)34-26-15-21(31-7-10-32-11-8-31)14-24-23(26)16-28-17-29-24/h12-17,20,22,30H,2-11H2,1H3/t20-,22+. The molecular weight excluding hydrogens is 428 g/mol. The molecule has 0 amide bonds. The first-order valence-corrected chi connectivity index (χ1v) is 12.5. The Labute approximate surface area is 200 Å². The van der Waals surface area contributed by atoms with Crippen LogP contribution in [0, 0.1) is 6.92 Å². The molecule has 3 heterocycles. The van der Waals surface area contributed by atoms with Gasteiger partial charge in [0.15, 0.2) is 0 Å². The Balaban J connectivity index is 1.15. The lowest BCUT2D eigenvalue weighted by atomic mass is 9.92. The van der Waals surface area contributed by atoms with Gasteiger partial charge in [-0.15, -0.1) is 0 Å². The molecule has 1 saturated heterocycles. The van der Waals surface area contributed by atoms with Crippen molar-refractivity contribution in [1.82, 2.24) is 9.97 Å². The highest BCUT2D eigenvalue weighted by Crippen LogP contribution is 2.38. The molecule has 0 atom stereocenters. The minimum atomic E-state index is 0.195. The van der Waals surface area contributed by atoms with Gasteiger partial charge in [-0.05, 0) is 55.9 Å². The van der Waals surface area contributed by atoms with Crippen LogP contribution in [-0.2, 0) is 11.2 Å². The lowest BCUT2D eigenvalue weighted by Crippen LogP contribution is -2.36. The number of nitrogens with one attached hydrogen (secondary N) is 1. The predicted molar refractivity (Wildman–Crippen MR) is 133 cm³/mol. The van der Waals surface area contributed by atoms with Gasteiger partial charge in [-0.2, -0.15) is 0 Å². The summed E-state index contributed by atoms with van der Waals surface area (Å²) in [4.78, 5) is 11.1. The van der Waals surface area contributed by atoms with E-state index in [9.17, 15) is 0 Å². The predicted octanol–water partition coefficient (Wildman–Crippen LogP) is 4.51. The third kappa shape index (κ3) is 4.37. The number of fused-ring (bicyclic) bond motifs is 2. The van der Waals surface area contributed by atoms with E-state index in [1.165, 1.54) is 11.1 Å². The molecule has 1 aliphatic carbocycles. The monoisotopic (exact) mass is 460 g/mol. The molecule has 0 radical (unpaired) electrons. The molecule has 0 bridgehead atoms. The fourth-order valence-electron chi connectivity index (χ4n) is 5.44. The third-order valence-corrected chi connectivity index (χ3v) is 7.20. The van der Waals surface area contributed by atoms with Crippen LogP contribution in [-0.4, -0.2) is 55.0 Å². The van der Waals surface area contributed by atoms with Crippen molar-refractivity contribution >= 4 is 22.3 Å². The van der Waals surface area contributed by atoms with Crippen molar-refractivity contribution in [3.63, 3.8) is 0 Å². The quantitative estimate of drug-likeness (QED) is 0.601. The number of hydrogen-bond donors (Lipinski definition) is 1. The van der Waals surface area contributed by atoms with E-state index in [-0.39, 0.29) is 6.10 Å². The Morgan fingerprint density at radius 2 is 1.88 bits per heavy atom. The summed E-state index contributed by atoms with van der Waals surface area (Å²) in [5.41, 5.74) is 5.84. The Morgan fingerprint density at radius 3 is 2.74 bits per heavy atom. The summed E-state index contributed by atoms with van der Waals surface area (Å²) in [5.74, 6) is 1.94. The van der Waals surface area contributed by atoms with Crippen LogP contribution in [0.4, 0.5) is 11.4 Å². The molecule has 6 rings (SSSR count). The van der Waals surface area contributed by atoms with Gasteiger partial charge in [0.05, 0.1) is 42.5 Å². The molecule has 0 unspecified atom stereocenters. The maximum absolute atomic E-state index is 6.60. The molecule has 34 heavy (non-hydrogen) atoms. The molecule has 1 N–H and O–H groups in total. The molecule has 1 aromatic heterocycles. The summed E-state index contributed by atoms with van der Waals surface area (Å²) in [5, 5.41) is 4.75. The average Bonchev–Trinajstić information content (AvgIpc) is 3.34. The van der Waals surface area contributed by atoms with Crippen LogP contribution in [0.2, 0.25) is 0 Å². The van der Waals surface area contributed by atoms with Gasteiger partial charge < -0.3 is 24.4 Å². The van der Waals surface area contributed by atoms with E-state index in [0.29, 0.717) is 6.04 Å². The number of hydrogen-bond acceptors (Lipinski definition) is 7. The minimum Gasteiger partial charge on any atom is -0.491 e. The van der Waals surface area contributed by atoms with Crippen LogP contribution in [0.25, 0.3) is 10.9 Å². The highest BCUT2D eigenvalue weighted by atomic mass is 16.5. The zero-order valence-electron chi connectivity index (χ0n) is 19.8. The molecule has 3 aromatic rings. The largest absolute Gasteiger partial charge is 0.491 e. The molecule has 1 saturated carbocycles. The lowest BCUT2D eigenvalue weighted by Gasteiger charge is -2.32. The van der Waals surface area contributed by atoms with Gasteiger partial charge in [0, 0.05) is 43.5 Å². The number of benzene rings is 2. The van der Waals surface area contributed by atoms with E-state index in [2.05, 4.69) is 51.4 Å². The van der Waals surface area contributed by atoms with Gasteiger partial charge in [0.25, 0.3) is 0 Å². The van der Waals surface area contributed by atoms with Crippen molar-refractivity contribution in [3.05, 3.63) is 47.9 Å². The average molecular weight is 461 g/mol. The summed E-state index contributed by atoms with van der Waals surface area (Å²) in [6.07, 6.45) is 8.86. The molecule has 7 nitrogen and oxygen atoms in total. The first-order valence-electron chi connectivity index (χ1n) is 12.5. The molecule has 2 fully saturated rings. The van der Waals surface area contributed by atoms with E-state index in [0.717, 1.165) is 98.8 Å². The molecule has 7 heteroatoms. The van der Waals surface area contributed by atoms with Gasteiger partial charge in [0.1, 0.15) is 17.8 Å². The topological polar surface area (TPSA) is 68.7 Å². The zero-order valence-corrected chi connectivity index (χ0v) is 19.8. The fraction of sp³-hybridized carbons (Fsp3) is 0.481. The Morgan fingerprint density at radius 1 is 1.03 bits per heavy atom. The van der Waals surface area contributed by atoms with E-state index >= 15 is 0 Å². The number of nitrogens with zero attached hydrogens (tertiary/aromatic N) is 3.